The van der Waals surface area contributed by atoms with Crippen molar-refractivity contribution in [2.45, 2.75) is 39.5 Å². The molecule has 0 saturated carbocycles. The maximum atomic E-state index is 2.44. The molecule has 0 aromatic carbocycles. The van der Waals surface area contributed by atoms with Gasteiger partial charge in [0.15, 0.2) is 0 Å². The summed E-state index contributed by atoms with van der Waals surface area (Å²) in [6.45, 7) is 4.46. The average Bonchev–Trinajstić information content (AvgIpc) is 2.10. The molecule has 1 unspecified atom stereocenters. The van der Waals surface area contributed by atoms with Crippen LogP contribution in [0, 0.1) is 0 Å². The van der Waals surface area contributed by atoms with E-state index in [4.69, 9.17) is 0 Å². The van der Waals surface area contributed by atoms with Gasteiger partial charge in [0, 0.05) is 0 Å². The van der Waals surface area contributed by atoms with Crippen LogP contribution in [-0.4, -0.2) is 0 Å². The molecule has 0 rings (SSSR count). The van der Waals surface area contributed by atoms with Crippen LogP contribution in [0.4, 0.5) is 0 Å². The second-order valence-corrected chi connectivity index (χ2v) is 6.93. The molecular weight excluding hydrogens is 182 g/mol. The summed E-state index contributed by atoms with van der Waals surface area (Å²) in [6, 6.07) is 0. The van der Waals surface area contributed by atoms with Crippen LogP contribution in [-0.2, 0) is 0 Å². The van der Waals surface area contributed by atoms with E-state index < -0.39 is 0 Å². The van der Waals surface area contributed by atoms with E-state index in [2.05, 4.69) is 37.6 Å². The second-order valence-electron chi connectivity index (χ2n) is 2.86. The fourth-order valence-electron chi connectivity index (χ4n) is 0.837. The Morgan fingerprint density at radius 3 is 2.42 bits per heavy atom. The molecule has 0 fully saturated rings. The Balaban J connectivity index is 3.09. The first-order chi connectivity index (χ1) is 5.91. The monoisotopic (exact) mass is 204 g/mol. The Labute approximate surface area is 80.4 Å². The van der Waals surface area contributed by atoms with Crippen molar-refractivity contribution >= 4 is 16.5 Å². The van der Waals surface area contributed by atoms with E-state index in [0.717, 1.165) is 8.27 Å². The zero-order chi connectivity index (χ0) is 9.07. The van der Waals surface area contributed by atoms with Gasteiger partial charge in [-0.05, 0) is 0 Å². The fraction of sp³-hybridized carbons (Fsp3) is 0.600. The van der Waals surface area contributed by atoms with Gasteiger partial charge < -0.3 is 0 Å². The van der Waals surface area contributed by atoms with Gasteiger partial charge in [-0.2, -0.15) is 0 Å². The van der Waals surface area contributed by atoms with Crippen molar-refractivity contribution in [1.82, 2.24) is 0 Å². The molecule has 0 aliphatic heterocycles. The van der Waals surface area contributed by atoms with Crippen molar-refractivity contribution in [2.75, 3.05) is 0 Å². The molecule has 0 amide bonds. The molecule has 0 aromatic heterocycles. The summed E-state index contributed by atoms with van der Waals surface area (Å²) >= 11 is 0. The van der Waals surface area contributed by atoms with E-state index in [1.54, 1.807) is 0 Å². The van der Waals surface area contributed by atoms with E-state index >= 15 is 0 Å². The predicted molar refractivity (Wildman–Crippen MR) is 67.5 cm³/mol. The van der Waals surface area contributed by atoms with Crippen LogP contribution in [0.25, 0.3) is 0 Å². The molecule has 0 radical (unpaired) electrons. The minimum absolute atomic E-state index is 0.123. The summed E-state index contributed by atoms with van der Waals surface area (Å²) in [7, 11) is 1.25. The van der Waals surface area contributed by atoms with E-state index in [9.17, 15) is 0 Å². The van der Waals surface area contributed by atoms with E-state index in [1.165, 1.54) is 25.7 Å². The number of hydrogen-bond acceptors (Lipinski definition) is 0. The van der Waals surface area contributed by atoms with Crippen LogP contribution in [0.2, 0.25) is 0 Å². The first-order valence-corrected chi connectivity index (χ1v) is 9.17. The van der Waals surface area contributed by atoms with Crippen molar-refractivity contribution in [3.63, 3.8) is 0 Å². The molecule has 0 aliphatic carbocycles. The Morgan fingerprint density at radius 2 is 1.75 bits per heavy atom. The summed E-state index contributed by atoms with van der Waals surface area (Å²) in [5.74, 6) is 4.82. The summed E-state index contributed by atoms with van der Waals surface area (Å²) in [5.41, 5.74) is 0. The van der Waals surface area contributed by atoms with Gasteiger partial charge in [-0.25, -0.2) is 0 Å². The van der Waals surface area contributed by atoms with E-state index in [0.29, 0.717) is 0 Å². The molecule has 0 heterocycles. The average molecular weight is 204 g/mol. The van der Waals surface area contributed by atoms with Gasteiger partial charge in [0.1, 0.15) is 0 Å². The molecule has 0 bridgehead atoms. The van der Waals surface area contributed by atoms with Crippen LogP contribution >= 0.6 is 16.5 Å². The van der Waals surface area contributed by atoms with Gasteiger partial charge in [0.25, 0.3) is 0 Å². The topological polar surface area (TPSA) is 0 Å². The van der Waals surface area contributed by atoms with Gasteiger partial charge in [-0.1, -0.05) is 0 Å². The Hall–Kier alpha value is 0.340. The Kier molecular flexibility index (Phi) is 11.7. The molecule has 1 atom stereocenters. The van der Waals surface area contributed by atoms with Gasteiger partial charge in [-0.15, -0.1) is 0 Å². The van der Waals surface area contributed by atoms with Crippen LogP contribution in [0.3, 0.4) is 0 Å². The third kappa shape index (κ3) is 10.3. The third-order valence-corrected chi connectivity index (χ3v) is 4.95. The SMILES string of the molecule is CCC/C=C/P[PH3]/C=C/CCC. The summed E-state index contributed by atoms with van der Waals surface area (Å²) in [4.78, 5) is 0. The molecule has 12 heavy (non-hydrogen) atoms. The van der Waals surface area contributed by atoms with Crippen LogP contribution < -0.4 is 0 Å². The van der Waals surface area contributed by atoms with Crippen LogP contribution in [0.5, 0.6) is 0 Å². The summed E-state index contributed by atoms with van der Waals surface area (Å²) in [5, 5.41) is 0. The Morgan fingerprint density at radius 1 is 1.08 bits per heavy atom. The summed E-state index contributed by atoms with van der Waals surface area (Å²) < 4.78 is 0. The molecule has 0 spiro atoms. The quantitative estimate of drug-likeness (QED) is 0.427. The fourth-order valence-corrected chi connectivity index (χ4v) is 3.66. The van der Waals surface area contributed by atoms with Gasteiger partial charge >= 0.3 is 79.9 Å². The molecule has 2 heteroatoms. The molecule has 72 valence electrons. The Bertz CT molecular complexity index is 112. The standard InChI is InChI=1S/C10H22P2/c1-3-5-7-9-11-12-10-8-6-4-2/h7-11H,3-6H2,1-2,12H3/b9-7+,10-8+. The van der Waals surface area contributed by atoms with Crippen molar-refractivity contribution in [2.24, 2.45) is 0 Å². The van der Waals surface area contributed by atoms with Crippen molar-refractivity contribution < 1.29 is 0 Å². The molecule has 0 saturated heterocycles. The number of hydrogen-bond donors (Lipinski definition) is 0. The third-order valence-electron chi connectivity index (χ3n) is 1.55. The maximum absolute atomic E-state index is 2.44. The van der Waals surface area contributed by atoms with Crippen molar-refractivity contribution in [3.8, 4) is 0 Å². The minimum atomic E-state index is 0.123. The molecule has 0 N–H and O–H groups in total. The zero-order valence-corrected chi connectivity index (χ0v) is 10.8. The van der Waals surface area contributed by atoms with Gasteiger partial charge in [0.05, 0.1) is 0 Å². The van der Waals surface area contributed by atoms with Gasteiger partial charge in [0.2, 0.25) is 0 Å². The first-order valence-electron chi connectivity index (χ1n) is 4.95. The molecular formula is C10H22P2. The van der Waals surface area contributed by atoms with Crippen LogP contribution in [0.1, 0.15) is 39.5 Å². The molecule has 0 aliphatic rings. The number of allylic oxidation sites excluding steroid dienone is 2. The van der Waals surface area contributed by atoms with Crippen LogP contribution in [0.15, 0.2) is 23.8 Å². The number of unbranched alkanes of at least 4 members (excludes halogenated alkanes) is 2. The summed E-state index contributed by atoms with van der Waals surface area (Å²) in [6.07, 6.45) is 9.80. The molecule has 0 aromatic rings. The number of rotatable bonds is 7. The van der Waals surface area contributed by atoms with E-state index in [1.807, 2.05) is 0 Å². The van der Waals surface area contributed by atoms with Gasteiger partial charge in [-0.3, -0.25) is 0 Å². The zero-order valence-electron chi connectivity index (χ0n) is 8.34. The predicted octanol–water partition coefficient (Wildman–Crippen LogP) is 4.35. The second kappa shape index (κ2) is 11.3. The van der Waals surface area contributed by atoms with Crippen molar-refractivity contribution in [3.05, 3.63) is 23.8 Å². The van der Waals surface area contributed by atoms with E-state index in [-0.39, 0.29) is 8.27 Å². The van der Waals surface area contributed by atoms with Crippen molar-refractivity contribution in [1.29, 1.82) is 0 Å². The first kappa shape index (κ1) is 12.3. The normalized spacial score (nSPS) is 13.2. The molecule has 0 nitrogen and oxygen atoms in total.